The number of nitrogens with zero attached hydrogens (tertiary/aromatic N) is 4. The molecule has 2 fully saturated rings. The van der Waals surface area contributed by atoms with Crippen LogP contribution in [0.4, 0.5) is 0 Å². The van der Waals surface area contributed by atoms with Crippen molar-refractivity contribution >= 4 is 46.8 Å². The van der Waals surface area contributed by atoms with Crippen LogP contribution in [-0.2, 0) is 40.6 Å². The summed E-state index contributed by atoms with van der Waals surface area (Å²) in [5.74, 6) is 1.93. The van der Waals surface area contributed by atoms with Gasteiger partial charge in [-0.3, -0.25) is 4.79 Å². The van der Waals surface area contributed by atoms with Crippen molar-refractivity contribution in [1.29, 1.82) is 0 Å². The largest absolute Gasteiger partial charge is 0.429 e. The quantitative estimate of drug-likeness (QED) is 0.165. The SMILES string of the molecule is CN1CCn2c(c(C3CCCCC3)c3ccc(OC=O)cc32)-c2ccccc2C1.Cc1ccc2c(C3CCCCC3)c3n(c2c1)CCN(C)Cc1ccccc1-3.Cl.O=C=O. The first kappa shape index (κ1) is 43.1. The van der Waals surface area contributed by atoms with Gasteiger partial charge in [0, 0.05) is 72.8 Å². The molecule has 0 N–H and O–H groups in total. The zero-order valence-corrected chi connectivity index (χ0v) is 36.3. The van der Waals surface area contributed by atoms with E-state index >= 15 is 0 Å². The van der Waals surface area contributed by atoms with Gasteiger partial charge in [0.15, 0.2) is 0 Å². The van der Waals surface area contributed by atoms with Gasteiger partial charge in [-0.15, -0.1) is 12.4 Å². The monoisotopic (exact) mass is 826 g/mol. The van der Waals surface area contributed by atoms with Crippen molar-refractivity contribution in [2.24, 2.45) is 0 Å². The molecule has 0 unspecified atom stereocenters. The number of ether oxygens (including phenoxy) is 1. The van der Waals surface area contributed by atoms with Crippen LogP contribution in [0.5, 0.6) is 5.75 Å². The molecule has 60 heavy (non-hydrogen) atoms. The summed E-state index contributed by atoms with van der Waals surface area (Å²) in [6.07, 6.45) is 13.6. The van der Waals surface area contributed by atoms with Crippen LogP contribution in [0.25, 0.3) is 44.3 Å². The Balaban J connectivity index is 0.000000168. The maximum absolute atomic E-state index is 10.9. The molecule has 2 saturated carbocycles. The van der Waals surface area contributed by atoms with Gasteiger partial charge in [-0.2, -0.15) is 9.59 Å². The molecule has 6 aromatic rings. The smallest absolute Gasteiger partial charge is 0.373 e. The highest BCUT2D eigenvalue weighted by Crippen LogP contribution is 2.47. The second-order valence-corrected chi connectivity index (χ2v) is 17.3. The first-order valence-corrected chi connectivity index (χ1v) is 21.8. The Morgan fingerprint density at radius 1 is 0.600 bits per heavy atom. The molecule has 0 bridgehead atoms. The number of aromatic nitrogens is 2. The number of hydrogen-bond donors (Lipinski definition) is 0. The molecule has 10 rings (SSSR count). The van der Waals surface area contributed by atoms with E-state index in [2.05, 4.69) is 113 Å². The molecule has 2 aliphatic carbocycles. The second kappa shape index (κ2) is 19.6. The van der Waals surface area contributed by atoms with Gasteiger partial charge in [-0.05, 0) is 105 Å². The van der Waals surface area contributed by atoms with E-state index < -0.39 is 0 Å². The van der Waals surface area contributed by atoms with E-state index in [0.717, 1.165) is 39.3 Å². The number of carbonyl (C=O) groups excluding carboxylic acids is 3. The number of aryl methyl sites for hydroxylation is 1. The molecule has 0 amide bonds. The number of rotatable bonds is 4. The summed E-state index contributed by atoms with van der Waals surface area (Å²) in [5, 5.41) is 2.83. The number of benzene rings is 4. The van der Waals surface area contributed by atoms with Crippen LogP contribution >= 0.6 is 12.4 Å². The Morgan fingerprint density at radius 3 is 1.53 bits per heavy atom. The van der Waals surface area contributed by atoms with E-state index in [1.165, 1.54) is 131 Å². The first-order chi connectivity index (χ1) is 28.9. The first-order valence-electron chi connectivity index (χ1n) is 21.8. The van der Waals surface area contributed by atoms with Crippen LogP contribution in [0.2, 0.25) is 0 Å². The number of likely N-dealkylation sites (N-methyl/N-ethyl adjacent to an activating group) is 2. The molecule has 2 aliphatic heterocycles. The van der Waals surface area contributed by atoms with Crippen molar-refractivity contribution in [1.82, 2.24) is 18.9 Å². The van der Waals surface area contributed by atoms with Crippen molar-refractivity contribution in [3.05, 3.63) is 113 Å². The van der Waals surface area contributed by atoms with Crippen LogP contribution in [0.1, 0.15) is 104 Å². The van der Waals surface area contributed by atoms with Gasteiger partial charge in [-0.1, -0.05) is 99.2 Å². The normalized spacial score (nSPS) is 17.2. The lowest BCUT2D eigenvalue weighted by molar-refractivity contribution is -0.191. The summed E-state index contributed by atoms with van der Waals surface area (Å²) >= 11 is 0. The summed E-state index contributed by atoms with van der Waals surface area (Å²) in [5.41, 5.74) is 15.7. The highest BCUT2D eigenvalue weighted by Gasteiger charge is 2.30. The highest BCUT2D eigenvalue weighted by atomic mass is 35.5. The van der Waals surface area contributed by atoms with E-state index in [1.807, 2.05) is 12.1 Å². The van der Waals surface area contributed by atoms with Gasteiger partial charge in [0.2, 0.25) is 0 Å². The summed E-state index contributed by atoms with van der Waals surface area (Å²) in [7, 11) is 4.44. The number of carbonyl (C=O) groups is 1. The lowest BCUT2D eigenvalue weighted by Crippen LogP contribution is -2.25. The van der Waals surface area contributed by atoms with E-state index in [1.54, 1.807) is 5.56 Å². The predicted molar refractivity (Wildman–Crippen MR) is 243 cm³/mol. The van der Waals surface area contributed by atoms with Crippen LogP contribution in [0, 0.1) is 6.92 Å². The van der Waals surface area contributed by atoms with E-state index in [9.17, 15) is 4.79 Å². The third kappa shape index (κ3) is 8.75. The van der Waals surface area contributed by atoms with Gasteiger partial charge < -0.3 is 23.7 Å². The number of hydrogen-bond acceptors (Lipinski definition) is 6. The van der Waals surface area contributed by atoms with E-state index in [4.69, 9.17) is 14.3 Å². The summed E-state index contributed by atoms with van der Waals surface area (Å²) < 4.78 is 10.3. The molecule has 0 spiro atoms. The Hall–Kier alpha value is -4.98. The molecular formula is C51H59ClN4O4. The second-order valence-electron chi connectivity index (χ2n) is 17.3. The zero-order valence-electron chi connectivity index (χ0n) is 35.5. The molecule has 4 heterocycles. The summed E-state index contributed by atoms with van der Waals surface area (Å²) in [4.78, 5) is 32.0. The van der Waals surface area contributed by atoms with Crippen molar-refractivity contribution in [3.63, 3.8) is 0 Å². The number of fused-ring (bicyclic) bond motifs is 10. The van der Waals surface area contributed by atoms with Crippen molar-refractivity contribution < 1.29 is 19.1 Å². The molecule has 0 radical (unpaired) electrons. The fourth-order valence-electron chi connectivity index (χ4n) is 10.7. The fraction of sp³-hybridized carbons (Fsp3) is 0.412. The molecule has 314 valence electrons. The Kier molecular flexibility index (Phi) is 14.1. The number of halogens is 1. The third-order valence-electron chi connectivity index (χ3n) is 13.4. The van der Waals surface area contributed by atoms with Gasteiger partial charge >= 0.3 is 6.15 Å². The minimum Gasteiger partial charge on any atom is -0.429 e. The van der Waals surface area contributed by atoms with Crippen molar-refractivity contribution in [3.8, 4) is 28.3 Å². The topological polar surface area (TPSA) is 76.8 Å². The van der Waals surface area contributed by atoms with Gasteiger partial charge in [0.1, 0.15) is 5.75 Å². The van der Waals surface area contributed by atoms with Gasteiger partial charge in [0.05, 0.1) is 16.9 Å². The van der Waals surface area contributed by atoms with Crippen LogP contribution in [0.3, 0.4) is 0 Å². The Morgan fingerprint density at radius 2 is 1.05 bits per heavy atom. The molecular weight excluding hydrogens is 768 g/mol. The predicted octanol–water partition coefficient (Wildman–Crippen LogP) is 11.3. The van der Waals surface area contributed by atoms with Gasteiger partial charge in [0.25, 0.3) is 6.47 Å². The standard InChI is InChI=1S/C25H28N2O2.C25H30N2.CO2.ClH/c1-26-13-14-27-23-15-20(29-17-28)11-12-22(23)24(18-7-3-2-4-8-18)25(27)21-10-6-5-9-19(21)16-26;1-18-12-13-22-23(16-18)27-15-14-26(2)17-20-10-6-7-11-21(20)25(27)24(22)19-8-4-3-5-9-19;2-1-3;/h5-6,9-12,15,17-18H,2-4,7-8,13-14,16H2,1H3;6-7,10-13,16,19H,3-5,8-9,14-15,17H2,1-2H3;;1H. The average molecular weight is 828 g/mol. The zero-order chi connectivity index (χ0) is 40.9. The average Bonchev–Trinajstić information content (AvgIpc) is 3.73. The molecule has 4 aromatic carbocycles. The summed E-state index contributed by atoms with van der Waals surface area (Å²) in [6.45, 7) is 8.87. The Labute approximate surface area is 360 Å². The third-order valence-corrected chi connectivity index (χ3v) is 13.4. The van der Waals surface area contributed by atoms with Crippen molar-refractivity contribution in [2.45, 2.75) is 109 Å². The molecule has 8 nitrogen and oxygen atoms in total. The molecule has 0 atom stereocenters. The van der Waals surface area contributed by atoms with Crippen LogP contribution < -0.4 is 4.74 Å². The molecule has 2 aromatic heterocycles. The highest BCUT2D eigenvalue weighted by molar-refractivity contribution is 5.95. The Bertz CT molecular complexity index is 2470. The lowest BCUT2D eigenvalue weighted by atomic mass is 9.81. The molecule has 9 heteroatoms. The molecule has 4 aliphatic rings. The minimum atomic E-state index is 0. The maximum Gasteiger partial charge on any atom is 0.373 e. The summed E-state index contributed by atoms with van der Waals surface area (Å²) in [6, 6.07) is 31.2. The maximum atomic E-state index is 10.9. The van der Waals surface area contributed by atoms with E-state index in [0.29, 0.717) is 24.1 Å². The van der Waals surface area contributed by atoms with Crippen molar-refractivity contribution in [2.75, 3.05) is 27.2 Å². The van der Waals surface area contributed by atoms with Crippen LogP contribution in [-0.4, -0.2) is 58.7 Å². The molecule has 0 saturated heterocycles. The van der Waals surface area contributed by atoms with Gasteiger partial charge in [-0.25, -0.2) is 0 Å². The fourth-order valence-corrected chi connectivity index (χ4v) is 10.7. The van der Waals surface area contributed by atoms with E-state index in [-0.39, 0.29) is 18.6 Å². The lowest BCUT2D eigenvalue weighted by Gasteiger charge is -2.27. The minimum absolute atomic E-state index is 0. The van der Waals surface area contributed by atoms with Crippen LogP contribution in [0.15, 0.2) is 84.9 Å².